The first-order valence-corrected chi connectivity index (χ1v) is 12.6. The molecule has 3 heterocycles. The van der Waals surface area contributed by atoms with E-state index in [0.29, 0.717) is 41.9 Å². The van der Waals surface area contributed by atoms with Crippen LogP contribution in [0, 0.1) is 17.1 Å². The van der Waals surface area contributed by atoms with E-state index in [1.807, 2.05) is 19.2 Å². The highest BCUT2D eigenvalue weighted by Crippen LogP contribution is 2.27. The van der Waals surface area contributed by atoms with E-state index in [0.717, 1.165) is 31.5 Å². The largest absolute Gasteiger partial charge is 0.420 e. The fourth-order valence-electron chi connectivity index (χ4n) is 4.82. The molecule has 2 saturated heterocycles. The number of likely N-dealkylation sites (tertiary alicyclic amines) is 1. The second-order valence-electron chi connectivity index (χ2n) is 9.70. The molecule has 37 heavy (non-hydrogen) atoms. The molecule has 2 aliphatic heterocycles. The first-order valence-electron chi connectivity index (χ1n) is 12.6. The van der Waals surface area contributed by atoms with Crippen LogP contribution in [0.3, 0.4) is 0 Å². The van der Waals surface area contributed by atoms with Crippen molar-refractivity contribution < 1.29 is 18.3 Å². The molecule has 0 radical (unpaired) electrons. The van der Waals surface area contributed by atoms with Crippen molar-refractivity contribution >= 4 is 17.0 Å². The molecule has 2 fully saturated rings. The summed E-state index contributed by atoms with van der Waals surface area (Å²) >= 11 is 0. The summed E-state index contributed by atoms with van der Waals surface area (Å²) in [5, 5.41) is 15.4. The molecule has 2 N–H and O–H groups in total. The van der Waals surface area contributed by atoms with Gasteiger partial charge in [-0.2, -0.15) is 5.26 Å². The SMILES string of the molecule is CN1CCC1Cn1c(=O)oc2ccc(-c3ccc(C[C@@H](C#N)NC(=O)[C@@H]4CNCCCO4)c(F)c3)cc21. The zero-order valence-electron chi connectivity index (χ0n) is 20.7. The average Bonchev–Trinajstić information content (AvgIpc) is 3.04. The molecular weight excluding hydrogens is 477 g/mol. The van der Waals surface area contributed by atoms with E-state index < -0.39 is 23.7 Å². The number of oxazole rings is 1. The van der Waals surface area contributed by atoms with Crippen molar-refractivity contribution in [1.29, 1.82) is 5.26 Å². The van der Waals surface area contributed by atoms with Crippen LogP contribution < -0.4 is 16.4 Å². The van der Waals surface area contributed by atoms with Crippen molar-refractivity contribution in [2.45, 2.75) is 44.0 Å². The lowest BCUT2D eigenvalue weighted by Gasteiger charge is -2.37. The maximum absolute atomic E-state index is 15.1. The fraction of sp³-hybridized carbons (Fsp3) is 0.444. The summed E-state index contributed by atoms with van der Waals surface area (Å²) < 4.78 is 27.7. The van der Waals surface area contributed by atoms with E-state index in [9.17, 15) is 14.9 Å². The number of likely N-dealkylation sites (N-methyl/N-ethyl adjacent to an activating group) is 1. The van der Waals surface area contributed by atoms with Crippen molar-refractivity contribution in [2.24, 2.45) is 0 Å². The maximum atomic E-state index is 15.1. The fourth-order valence-corrected chi connectivity index (χ4v) is 4.82. The molecule has 9 nitrogen and oxygen atoms in total. The Kier molecular flexibility index (Phi) is 7.37. The Hall–Kier alpha value is -3.52. The minimum atomic E-state index is -0.888. The van der Waals surface area contributed by atoms with Gasteiger partial charge >= 0.3 is 5.76 Å². The summed E-state index contributed by atoms with van der Waals surface area (Å²) in [5.41, 5.74) is 2.88. The number of benzene rings is 2. The van der Waals surface area contributed by atoms with Crippen LogP contribution >= 0.6 is 0 Å². The van der Waals surface area contributed by atoms with E-state index in [1.165, 1.54) is 6.07 Å². The molecular formula is C27H30FN5O4. The molecule has 2 aromatic carbocycles. The minimum Gasteiger partial charge on any atom is -0.408 e. The smallest absolute Gasteiger partial charge is 0.408 e. The molecule has 0 spiro atoms. The number of hydrogen-bond donors (Lipinski definition) is 2. The third-order valence-corrected chi connectivity index (χ3v) is 7.22. The monoisotopic (exact) mass is 507 g/mol. The van der Waals surface area contributed by atoms with Crippen molar-refractivity contribution in [3.63, 3.8) is 0 Å². The molecule has 1 unspecified atom stereocenters. The van der Waals surface area contributed by atoms with Crippen molar-refractivity contribution in [3.8, 4) is 17.2 Å². The van der Waals surface area contributed by atoms with Crippen LogP contribution in [-0.4, -0.2) is 66.9 Å². The van der Waals surface area contributed by atoms with Gasteiger partial charge in [0.1, 0.15) is 18.0 Å². The number of rotatable bonds is 7. The number of fused-ring (bicyclic) bond motifs is 1. The third-order valence-electron chi connectivity index (χ3n) is 7.22. The van der Waals surface area contributed by atoms with Crippen LogP contribution in [0.15, 0.2) is 45.6 Å². The second-order valence-corrected chi connectivity index (χ2v) is 9.70. The Morgan fingerprint density at radius 1 is 1.30 bits per heavy atom. The summed E-state index contributed by atoms with van der Waals surface area (Å²) in [5.74, 6) is -1.26. The van der Waals surface area contributed by atoms with Crippen molar-refractivity contribution in [3.05, 3.63) is 58.3 Å². The molecule has 1 amide bonds. The first kappa shape index (κ1) is 25.1. The molecule has 1 aromatic heterocycles. The first-order chi connectivity index (χ1) is 17.9. The molecule has 0 saturated carbocycles. The summed E-state index contributed by atoms with van der Waals surface area (Å²) in [4.78, 5) is 27.2. The quantitative estimate of drug-likeness (QED) is 0.503. The lowest BCUT2D eigenvalue weighted by Crippen LogP contribution is -2.48. The molecule has 0 aliphatic carbocycles. The van der Waals surface area contributed by atoms with Gasteiger partial charge in [-0.05, 0) is 67.9 Å². The van der Waals surface area contributed by atoms with Crippen LogP contribution in [0.2, 0.25) is 0 Å². The number of hydrogen-bond acceptors (Lipinski definition) is 7. The molecule has 2 aliphatic rings. The van der Waals surface area contributed by atoms with Gasteiger partial charge in [-0.1, -0.05) is 18.2 Å². The molecule has 5 rings (SSSR count). The molecule has 194 valence electrons. The molecule has 0 bridgehead atoms. The number of carbonyl (C=O) groups excluding carboxylic acids is 1. The Balaban J connectivity index is 1.31. The molecule has 3 aromatic rings. The summed E-state index contributed by atoms with van der Waals surface area (Å²) in [6.07, 6.45) is 1.19. The lowest BCUT2D eigenvalue weighted by atomic mass is 9.99. The van der Waals surface area contributed by atoms with Gasteiger partial charge in [-0.3, -0.25) is 9.36 Å². The van der Waals surface area contributed by atoms with Gasteiger partial charge in [0, 0.05) is 32.2 Å². The second kappa shape index (κ2) is 10.8. The normalized spacial score (nSPS) is 21.1. The maximum Gasteiger partial charge on any atom is 0.420 e. The predicted molar refractivity (Wildman–Crippen MR) is 135 cm³/mol. The Morgan fingerprint density at radius 3 is 2.84 bits per heavy atom. The van der Waals surface area contributed by atoms with E-state index in [1.54, 1.807) is 28.8 Å². The predicted octanol–water partition coefficient (Wildman–Crippen LogP) is 2.03. The van der Waals surface area contributed by atoms with Crippen molar-refractivity contribution in [2.75, 3.05) is 33.3 Å². The van der Waals surface area contributed by atoms with Gasteiger partial charge in [0.15, 0.2) is 5.58 Å². The van der Waals surface area contributed by atoms with Crippen molar-refractivity contribution in [1.82, 2.24) is 20.1 Å². The standard InChI is InChI=1S/C27H30FN5O4/c1-32-9-7-21(32)16-33-23-13-18(5-6-24(23)37-27(33)35)17-3-4-19(22(28)12-17)11-20(14-29)31-26(34)25-15-30-8-2-10-36-25/h3-6,12-13,20-21,25,30H,2,7-11,15-16H2,1H3,(H,31,34)/t20-,21?,25-/m0/s1. The van der Waals surface area contributed by atoms with Crippen LogP contribution in [-0.2, 0) is 22.5 Å². The Bertz CT molecular complexity index is 1390. The number of halogens is 1. The van der Waals surface area contributed by atoms with Crippen LogP contribution in [0.1, 0.15) is 18.4 Å². The van der Waals surface area contributed by atoms with Crippen LogP contribution in [0.5, 0.6) is 0 Å². The van der Waals surface area contributed by atoms with E-state index >= 15 is 4.39 Å². The highest BCUT2D eigenvalue weighted by Gasteiger charge is 2.27. The number of carbonyl (C=O) groups is 1. The summed E-state index contributed by atoms with van der Waals surface area (Å²) in [7, 11) is 2.03. The Labute approximate surface area is 213 Å². The van der Waals surface area contributed by atoms with Gasteiger partial charge < -0.3 is 24.7 Å². The number of amides is 1. The Morgan fingerprint density at radius 2 is 2.11 bits per heavy atom. The number of aromatic nitrogens is 1. The van der Waals surface area contributed by atoms with Crippen LogP contribution in [0.25, 0.3) is 22.2 Å². The number of nitrogens with one attached hydrogen (secondary N) is 2. The molecule has 3 atom stereocenters. The number of nitrogens with zero attached hydrogens (tertiary/aromatic N) is 3. The zero-order valence-corrected chi connectivity index (χ0v) is 20.7. The third kappa shape index (κ3) is 5.44. The summed E-state index contributed by atoms with van der Waals surface area (Å²) in [6, 6.07) is 11.6. The van der Waals surface area contributed by atoms with Gasteiger partial charge in [-0.15, -0.1) is 0 Å². The zero-order chi connectivity index (χ0) is 25.9. The molecule has 10 heteroatoms. The van der Waals surface area contributed by atoms with Crippen LogP contribution in [0.4, 0.5) is 4.39 Å². The van der Waals surface area contributed by atoms with Gasteiger partial charge in [0.05, 0.1) is 11.6 Å². The van der Waals surface area contributed by atoms with E-state index in [2.05, 4.69) is 15.5 Å². The number of ether oxygens (including phenoxy) is 1. The number of nitriles is 1. The summed E-state index contributed by atoms with van der Waals surface area (Å²) in [6.45, 7) is 3.17. The highest BCUT2D eigenvalue weighted by atomic mass is 19.1. The van der Waals surface area contributed by atoms with E-state index in [-0.39, 0.29) is 18.4 Å². The van der Waals surface area contributed by atoms with E-state index in [4.69, 9.17) is 9.15 Å². The van der Waals surface area contributed by atoms with Gasteiger partial charge in [0.2, 0.25) is 0 Å². The lowest BCUT2D eigenvalue weighted by molar-refractivity contribution is -0.132. The topological polar surface area (TPSA) is 113 Å². The van der Waals surface area contributed by atoms with Gasteiger partial charge in [-0.25, -0.2) is 9.18 Å². The van der Waals surface area contributed by atoms with Gasteiger partial charge in [0.25, 0.3) is 5.91 Å². The highest BCUT2D eigenvalue weighted by molar-refractivity contribution is 5.82. The minimum absolute atomic E-state index is 0.0315. The average molecular weight is 508 g/mol.